The molecule has 0 saturated carbocycles. The number of carbonyl (C=O) groups is 1. The van der Waals surface area contributed by atoms with Gasteiger partial charge in [-0.1, -0.05) is 24.3 Å². The Morgan fingerprint density at radius 1 is 1.08 bits per heavy atom. The second-order valence-corrected chi connectivity index (χ2v) is 6.51. The van der Waals surface area contributed by atoms with E-state index >= 15 is 0 Å². The summed E-state index contributed by atoms with van der Waals surface area (Å²) in [7, 11) is 0. The first-order valence-corrected chi connectivity index (χ1v) is 8.72. The number of anilines is 1. The molecule has 1 aliphatic rings. The summed E-state index contributed by atoms with van der Waals surface area (Å²) in [6.07, 6.45) is 2.27. The van der Waals surface area contributed by atoms with Crippen LogP contribution in [-0.4, -0.2) is 47.0 Å². The first-order valence-electron chi connectivity index (χ1n) is 8.72. The average molecular weight is 334 g/mol. The molecular formula is C20H22N4O. The lowest BCUT2D eigenvalue weighted by atomic mass is 10.1. The van der Waals surface area contributed by atoms with E-state index < -0.39 is 0 Å². The highest BCUT2D eigenvalue weighted by atomic mass is 16.2. The second-order valence-electron chi connectivity index (χ2n) is 6.51. The van der Waals surface area contributed by atoms with Crippen molar-refractivity contribution in [2.24, 2.45) is 0 Å². The van der Waals surface area contributed by atoms with Gasteiger partial charge in [0, 0.05) is 49.0 Å². The highest BCUT2D eigenvalue weighted by Gasteiger charge is 2.23. The van der Waals surface area contributed by atoms with Gasteiger partial charge in [-0.2, -0.15) is 0 Å². The van der Waals surface area contributed by atoms with Crippen molar-refractivity contribution in [3.05, 3.63) is 59.9 Å². The number of hydrogen-bond donors (Lipinski definition) is 1. The molecule has 0 atom stereocenters. The van der Waals surface area contributed by atoms with E-state index in [2.05, 4.69) is 27.0 Å². The number of hydrogen-bond acceptors (Lipinski definition) is 3. The number of carbonyl (C=O) groups excluding carboxylic acids is 1. The van der Waals surface area contributed by atoms with Crippen LogP contribution >= 0.6 is 0 Å². The second kappa shape index (κ2) is 6.59. The summed E-state index contributed by atoms with van der Waals surface area (Å²) in [6, 6.07) is 14.1. The molecule has 25 heavy (non-hydrogen) atoms. The molecule has 0 spiro atoms. The predicted molar refractivity (Wildman–Crippen MR) is 99.8 cm³/mol. The van der Waals surface area contributed by atoms with E-state index in [0.29, 0.717) is 6.42 Å². The molecule has 0 radical (unpaired) electrons. The number of benzene rings is 1. The Morgan fingerprint density at radius 2 is 1.84 bits per heavy atom. The molecule has 3 heterocycles. The van der Waals surface area contributed by atoms with Gasteiger partial charge in [-0.05, 0) is 30.7 Å². The molecule has 1 aromatic carbocycles. The number of nitrogens with one attached hydrogen (secondary N) is 1. The van der Waals surface area contributed by atoms with E-state index in [9.17, 15) is 4.79 Å². The number of fused-ring (bicyclic) bond motifs is 1. The number of piperazine rings is 1. The first-order chi connectivity index (χ1) is 12.2. The lowest BCUT2D eigenvalue weighted by Gasteiger charge is -2.35. The smallest absolute Gasteiger partial charge is 0.227 e. The van der Waals surface area contributed by atoms with Gasteiger partial charge >= 0.3 is 0 Å². The lowest BCUT2D eigenvalue weighted by molar-refractivity contribution is -0.130. The monoisotopic (exact) mass is 334 g/mol. The third-order valence-electron chi connectivity index (χ3n) is 4.96. The van der Waals surface area contributed by atoms with E-state index in [0.717, 1.165) is 54.2 Å². The molecule has 1 saturated heterocycles. The first kappa shape index (κ1) is 15.7. The molecule has 1 N–H and O–H groups in total. The molecule has 0 unspecified atom stereocenters. The number of aromatic amines is 1. The van der Waals surface area contributed by atoms with Crippen LogP contribution in [0.15, 0.2) is 48.7 Å². The molecule has 128 valence electrons. The predicted octanol–water partition coefficient (Wildman–Crippen LogP) is 2.76. The van der Waals surface area contributed by atoms with Crippen molar-refractivity contribution in [1.29, 1.82) is 0 Å². The van der Waals surface area contributed by atoms with Crippen LogP contribution in [0.5, 0.6) is 0 Å². The van der Waals surface area contributed by atoms with Crippen LogP contribution in [0, 0.1) is 6.92 Å². The molecule has 0 aliphatic carbocycles. The summed E-state index contributed by atoms with van der Waals surface area (Å²) < 4.78 is 0. The van der Waals surface area contributed by atoms with Crippen molar-refractivity contribution in [3.8, 4) is 0 Å². The normalized spacial score (nSPS) is 14.9. The van der Waals surface area contributed by atoms with Gasteiger partial charge in [-0.3, -0.25) is 4.79 Å². The molecule has 5 heteroatoms. The van der Waals surface area contributed by atoms with Crippen molar-refractivity contribution in [2.75, 3.05) is 31.1 Å². The van der Waals surface area contributed by atoms with Gasteiger partial charge in [0.1, 0.15) is 5.82 Å². The van der Waals surface area contributed by atoms with Gasteiger partial charge < -0.3 is 14.8 Å². The van der Waals surface area contributed by atoms with Crippen molar-refractivity contribution in [1.82, 2.24) is 14.9 Å². The van der Waals surface area contributed by atoms with Crippen LogP contribution in [-0.2, 0) is 11.2 Å². The largest absolute Gasteiger partial charge is 0.358 e. The van der Waals surface area contributed by atoms with E-state index in [1.54, 1.807) is 0 Å². The average Bonchev–Trinajstić information content (AvgIpc) is 2.98. The highest BCUT2D eigenvalue weighted by Crippen LogP contribution is 2.23. The van der Waals surface area contributed by atoms with Crippen molar-refractivity contribution >= 4 is 22.6 Å². The zero-order valence-corrected chi connectivity index (χ0v) is 14.4. The minimum Gasteiger partial charge on any atom is -0.358 e. The zero-order valence-electron chi connectivity index (χ0n) is 14.4. The standard InChI is InChI=1S/C20H22N4O/c1-15-17(16-6-2-3-7-18(16)22-15)14-20(25)24-12-10-23(11-13-24)19-8-4-5-9-21-19/h2-9,22H,10-14H2,1H3. The Morgan fingerprint density at radius 3 is 2.60 bits per heavy atom. The van der Waals surface area contributed by atoms with Gasteiger partial charge in [-0.15, -0.1) is 0 Å². The van der Waals surface area contributed by atoms with E-state index in [-0.39, 0.29) is 5.91 Å². The Hall–Kier alpha value is -2.82. The Kier molecular flexibility index (Phi) is 4.14. The summed E-state index contributed by atoms with van der Waals surface area (Å²) in [5, 5.41) is 1.15. The van der Waals surface area contributed by atoms with Gasteiger partial charge in [0.2, 0.25) is 5.91 Å². The number of aryl methyl sites for hydroxylation is 1. The third-order valence-corrected chi connectivity index (χ3v) is 4.96. The fraction of sp³-hybridized carbons (Fsp3) is 0.300. The third kappa shape index (κ3) is 3.09. The Bertz CT molecular complexity index is 879. The van der Waals surface area contributed by atoms with Gasteiger partial charge in [0.05, 0.1) is 6.42 Å². The number of nitrogens with zero attached hydrogens (tertiary/aromatic N) is 3. The van der Waals surface area contributed by atoms with Crippen LogP contribution in [0.2, 0.25) is 0 Å². The maximum absolute atomic E-state index is 12.8. The number of amides is 1. The fourth-order valence-electron chi connectivity index (χ4n) is 3.55. The van der Waals surface area contributed by atoms with Crippen molar-refractivity contribution in [3.63, 3.8) is 0 Å². The van der Waals surface area contributed by atoms with E-state index in [1.807, 2.05) is 48.4 Å². The van der Waals surface area contributed by atoms with Crippen LogP contribution in [0.25, 0.3) is 10.9 Å². The molecule has 0 bridgehead atoms. The number of aromatic nitrogens is 2. The summed E-state index contributed by atoms with van der Waals surface area (Å²) in [4.78, 5) is 24.8. The topological polar surface area (TPSA) is 52.2 Å². The Labute approximate surface area is 147 Å². The van der Waals surface area contributed by atoms with Crippen LogP contribution in [0.4, 0.5) is 5.82 Å². The van der Waals surface area contributed by atoms with Gasteiger partial charge in [-0.25, -0.2) is 4.98 Å². The van der Waals surface area contributed by atoms with Gasteiger partial charge in [0.15, 0.2) is 0 Å². The molecular weight excluding hydrogens is 312 g/mol. The number of rotatable bonds is 3. The van der Waals surface area contributed by atoms with Crippen LogP contribution < -0.4 is 4.90 Å². The molecule has 5 nitrogen and oxygen atoms in total. The van der Waals surface area contributed by atoms with Crippen molar-refractivity contribution < 1.29 is 4.79 Å². The summed E-state index contributed by atoms with van der Waals surface area (Å²) in [6.45, 7) is 5.19. The van der Waals surface area contributed by atoms with Crippen LogP contribution in [0.3, 0.4) is 0 Å². The number of para-hydroxylation sites is 1. The maximum atomic E-state index is 12.8. The van der Waals surface area contributed by atoms with Crippen LogP contribution in [0.1, 0.15) is 11.3 Å². The summed E-state index contributed by atoms with van der Waals surface area (Å²) in [5.41, 5.74) is 3.30. The zero-order chi connectivity index (χ0) is 17.2. The van der Waals surface area contributed by atoms with Gasteiger partial charge in [0.25, 0.3) is 0 Å². The fourth-order valence-corrected chi connectivity index (χ4v) is 3.55. The van der Waals surface area contributed by atoms with E-state index in [1.165, 1.54) is 0 Å². The van der Waals surface area contributed by atoms with E-state index in [4.69, 9.17) is 0 Å². The molecule has 3 aromatic rings. The highest BCUT2D eigenvalue weighted by molar-refractivity contribution is 5.90. The molecule has 2 aromatic heterocycles. The molecule has 1 aliphatic heterocycles. The minimum absolute atomic E-state index is 0.202. The SMILES string of the molecule is Cc1[nH]c2ccccc2c1CC(=O)N1CCN(c2ccccn2)CC1. The lowest BCUT2D eigenvalue weighted by Crippen LogP contribution is -2.49. The molecule has 4 rings (SSSR count). The minimum atomic E-state index is 0.202. The molecule has 1 fully saturated rings. The summed E-state index contributed by atoms with van der Waals surface area (Å²) >= 11 is 0. The quantitative estimate of drug-likeness (QED) is 0.801. The Balaban J connectivity index is 1.43. The number of H-pyrrole nitrogens is 1. The summed E-state index contributed by atoms with van der Waals surface area (Å²) in [5.74, 6) is 1.19. The molecule has 1 amide bonds. The number of pyridine rings is 1. The maximum Gasteiger partial charge on any atom is 0.227 e. The van der Waals surface area contributed by atoms with Crippen molar-refractivity contribution in [2.45, 2.75) is 13.3 Å².